The molecule has 0 fully saturated rings. The number of aromatic nitrogens is 3. The van der Waals surface area contributed by atoms with E-state index in [1.165, 1.54) is 17.8 Å². The minimum Gasteiger partial charge on any atom is -0.328 e. The Morgan fingerprint density at radius 2 is 2.00 bits per heavy atom. The zero-order chi connectivity index (χ0) is 24.4. The SMILES string of the molecule is CCCCSc1nc2n(n1)C(c1c(F)cccc1Cl)C(C(=O)Nc1cccc(C)c1C)=C(C)N2. The number of nitrogens with zero attached hydrogens (tertiary/aromatic N) is 3. The molecular weight excluding hydrogens is 473 g/mol. The first-order valence-corrected chi connectivity index (χ1v) is 12.6. The van der Waals surface area contributed by atoms with Crippen LogP contribution in [0.2, 0.25) is 5.02 Å². The summed E-state index contributed by atoms with van der Waals surface area (Å²) in [5, 5.41) is 11.6. The van der Waals surface area contributed by atoms with Gasteiger partial charge in [0.15, 0.2) is 0 Å². The predicted molar refractivity (Wildman–Crippen MR) is 136 cm³/mol. The number of hydrogen-bond donors (Lipinski definition) is 2. The first-order chi connectivity index (χ1) is 16.3. The van der Waals surface area contributed by atoms with Crippen molar-refractivity contribution in [3.05, 3.63) is 75.2 Å². The van der Waals surface area contributed by atoms with Gasteiger partial charge in [-0.15, -0.1) is 5.10 Å². The molecular formula is C25H27ClFN5OS. The second-order valence-electron chi connectivity index (χ2n) is 8.27. The van der Waals surface area contributed by atoms with E-state index in [0.717, 1.165) is 29.7 Å². The van der Waals surface area contributed by atoms with Gasteiger partial charge in [0.1, 0.15) is 11.9 Å². The maximum Gasteiger partial charge on any atom is 0.255 e. The van der Waals surface area contributed by atoms with Crippen LogP contribution in [0.15, 0.2) is 52.8 Å². The Balaban J connectivity index is 1.80. The molecule has 1 unspecified atom stereocenters. The lowest BCUT2D eigenvalue weighted by atomic mass is 9.94. The first-order valence-electron chi connectivity index (χ1n) is 11.2. The number of thioether (sulfide) groups is 1. The number of allylic oxidation sites excluding steroid dienone is 1. The van der Waals surface area contributed by atoms with Crippen molar-refractivity contribution >= 4 is 40.9 Å². The minimum atomic E-state index is -0.872. The number of unbranched alkanes of at least 4 members (excludes halogenated alkanes) is 1. The van der Waals surface area contributed by atoms with Crippen LogP contribution in [0, 0.1) is 19.7 Å². The number of carbonyl (C=O) groups excluding carboxylic acids is 1. The van der Waals surface area contributed by atoms with Crippen molar-refractivity contribution < 1.29 is 9.18 Å². The van der Waals surface area contributed by atoms with Gasteiger partial charge >= 0.3 is 0 Å². The molecule has 0 bridgehead atoms. The fourth-order valence-corrected chi connectivity index (χ4v) is 5.09. The van der Waals surface area contributed by atoms with Crippen LogP contribution >= 0.6 is 23.4 Å². The molecule has 1 aliphatic heterocycles. The predicted octanol–water partition coefficient (Wildman–Crippen LogP) is 6.51. The van der Waals surface area contributed by atoms with Gasteiger partial charge in [0.2, 0.25) is 11.1 Å². The molecule has 0 saturated carbocycles. The van der Waals surface area contributed by atoms with Gasteiger partial charge in [-0.2, -0.15) is 4.98 Å². The number of anilines is 2. The molecule has 0 aliphatic carbocycles. The van der Waals surface area contributed by atoms with Crippen LogP contribution in [0.5, 0.6) is 0 Å². The number of hydrogen-bond acceptors (Lipinski definition) is 5. The van der Waals surface area contributed by atoms with E-state index in [4.69, 9.17) is 11.6 Å². The van der Waals surface area contributed by atoms with Crippen molar-refractivity contribution in [2.45, 2.75) is 51.7 Å². The lowest BCUT2D eigenvalue weighted by molar-refractivity contribution is -0.113. The van der Waals surface area contributed by atoms with E-state index >= 15 is 4.39 Å². The van der Waals surface area contributed by atoms with E-state index in [-0.39, 0.29) is 16.5 Å². The van der Waals surface area contributed by atoms with Gasteiger partial charge in [-0.25, -0.2) is 9.07 Å². The highest BCUT2D eigenvalue weighted by Gasteiger charge is 2.37. The average molecular weight is 500 g/mol. The van der Waals surface area contributed by atoms with Crippen LogP contribution in [0.4, 0.5) is 16.0 Å². The number of fused-ring (bicyclic) bond motifs is 1. The van der Waals surface area contributed by atoms with Crippen LogP contribution in [-0.4, -0.2) is 26.4 Å². The van der Waals surface area contributed by atoms with E-state index in [1.54, 1.807) is 23.7 Å². The summed E-state index contributed by atoms with van der Waals surface area (Å²) in [7, 11) is 0. The summed E-state index contributed by atoms with van der Waals surface area (Å²) >= 11 is 8.01. The molecule has 34 heavy (non-hydrogen) atoms. The molecule has 1 amide bonds. The van der Waals surface area contributed by atoms with Gasteiger partial charge in [-0.3, -0.25) is 4.79 Å². The molecule has 0 saturated heterocycles. The van der Waals surface area contributed by atoms with E-state index in [2.05, 4.69) is 27.6 Å². The zero-order valence-electron chi connectivity index (χ0n) is 19.6. The zero-order valence-corrected chi connectivity index (χ0v) is 21.1. The third-order valence-electron chi connectivity index (χ3n) is 5.93. The van der Waals surface area contributed by atoms with Gasteiger partial charge < -0.3 is 10.6 Å². The second kappa shape index (κ2) is 10.2. The van der Waals surface area contributed by atoms with Gasteiger partial charge in [0.05, 0.1) is 5.57 Å². The van der Waals surface area contributed by atoms with Crippen LogP contribution < -0.4 is 10.6 Å². The van der Waals surface area contributed by atoms with E-state index in [1.807, 2.05) is 32.0 Å². The van der Waals surface area contributed by atoms with Gasteiger partial charge in [-0.05, 0) is 56.5 Å². The van der Waals surface area contributed by atoms with E-state index < -0.39 is 11.9 Å². The maximum absolute atomic E-state index is 15.2. The average Bonchev–Trinajstić information content (AvgIpc) is 3.19. The van der Waals surface area contributed by atoms with Gasteiger partial charge in [0.25, 0.3) is 5.91 Å². The van der Waals surface area contributed by atoms with Crippen LogP contribution in [0.1, 0.15) is 49.4 Å². The standard InChI is InChI=1S/C25H27ClFN5OS/c1-5-6-13-34-25-30-24-28-16(4)20(23(33)29-19-12-7-9-14(2)15(19)3)22(32(24)31-25)21-17(26)10-8-11-18(21)27/h7-12,22H,5-6,13H2,1-4H3,(H,29,33)(H,28,30,31). The van der Waals surface area contributed by atoms with Gasteiger partial charge in [-0.1, -0.05) is 54.9 Å². The molecule has 0 radical (unpaired) electrons. The first kappa shape index (κ1) is 24.3. The van der Waals surface area contributed by atoms with Crippen molar-refractivity contribution in [1.82, 2.24) is 14.8 Å². The Bertz CT molecular complexity index is 1250. The van der Waals surface area contributed by atoms with E-state index in [0.29, 0.717) is 28.1 Å². The molecule has 2 aromatic carbocycles. The Morgan fingerprint density at radius 1 is 1.24 bits per heavy atom. The lowest BCUT2D eigenvalue weighted by Crippen LogP contribution is -2.32. The Morgan fingerprint density at radius 3 is 2.74 bits per heavy atom. The number of nitrogens with one attached hydrogen (secondary N) is 2. The van der Waals surface area contributed by atoms with Crippen molar-refractivity contribution in [1.29, 1.82) is 0 Å². The van der Waals surface area contributed by atoms with Crippen LogP contribution in [0.25, 0.3) is 0 Å². The topological polar surface area (TPSA) is 71.8 Å². The normalized spacial score (nSPS) is 15.2. The number of benzene rings is 2. The minimum absolute atomic E-state index is 0.187. The van der Waals surface area contributed by atoms with Crippen molar-refractivity contribution in [2.75, 3.05) is 16.4 Å². The molecule has 1 aromatic heterocycles. The second-order valence-corrected chi connectivity index (χ2v) is 9.74. The van der Waals surface area contributed by atoms with Gasteiger partial charge in [0, 0.05) is 27.7 Å². The highest BCUT2D eigenvalue weighted by Crippen LogP contribution is 2.40. The molecule has 3 aromatic rings. The summed E-state index contributed by atoms with van der Waals surface area (Å²) in [5.41, 5.74) is 3.81. The monoisotopic (exact) mass is 499 g/mol. The Hall–Kier alpha value is -2.84. The molecule has 9 heteroatoms. The maximum atomic E-state index is 15.2. The third kappa shape index (κ3) is 4.70. The van der Waals surface area contributed by atoms with Crippen molar-refractivity contribution in [3.63, 3.8) is 0 Å². The molecule has 2 heterocycles. The number of amides is 1. The van der Waals surface area contributed by atoms with Crippen LogP contribution in [0.3, 0.4) is 0 Å². The summed E-state index contributed by atoms with van der Waals surface area (Å²) < 4.78 is 16.7. The summed E-state index contributed by atoms with van der Waals surface area (Å²) in [6, 6.07) is 9.35. The van der Waals surface area contributed by atoms with Crippen molar-refractivity contribution in [3.8, 4) is 0 Å². The van der Waals surface area contributed by atoms with Crippen molar-refractivity contribution in [2.24, 2.45) is 0 Å². The molecule has 4 rings (SSSR count). The Labute approximate surface area is 208 Å². The largest absolute Gasteiger partial charge is 0.328 e. The number of aryl methyl sites for hydroxylation is 1. The summed E-state index contributed by atoms with van der Waals surface area (Å²) in [6.07, 6.45) is 2.10. The van der Waals surface area contributed by atoms with Crippen LogP contribution in [-0.2, 0) is 4.79 Å². The Kier molecular flexibility index (Phi) is 7.28. The molecule has 178 valence electrons. The third-order valence-corrected chi connectivity index (χ3v) is 7.19. The smallest absolute Gasteiger partial charge is 0.255 e. The lowest BCUT2D eigenvalue weighted by Gasteiger charge is -2.29. The summed E-state index contributed by atoms with van der Waals surface area (Å²) in [6.45, 7) is 7.84. The molecule has 1 aliphatic rings. The fourth-order valence-electron chi connectivity index (χ4n) is 3.91. The fraction of sp³-hybridized carbons (Fsp3) is 0.320. The number of rotatable bonds is 7. The highest BCUT2D eigenvalue weighted by atomic mass is 35.5. The quantitative estimate of drug-likeness (QED) is 0.286. The highest BCUT2D eigenvalue weighted by molar-refractivity contribution is 7.99. The number of halogens is 2. The van der Waals surface area contributed by atoms with E-state index in [9.17, 15) is 4.79 Å². The molecule has 1 atom stereocenters. The molecule has 2 N–H and O–H groups in total. The number of carbonyl (C=O) groups is 1. The summed E-state index contributed by atoms with van der Waals surface area (Å²) in [5.74, 6) is 0.455. The molecule has 0 spiro atoms. The molecule has 6 nitrogen and oxygen atoms in total. The summed E-state index contributed by atoms with van der Waals surface area (Å²) in [4.78, 5) is 18.2.